The summed E-state index contributed by atoms with van der Waals surface area (Å²) in [4.78, 5) is 16.6. The maximum Gasteiger partial charge on any atom is 0.268 e. The zero-order valence-electron chi connectivity index (χ0n) is 17.3. The second-order valence-corrected chi connectivity index (χ2v) is 6.92. The fraction of sp³-hybridized carbons (Fsp3) is 0.0909. The molecule has 2 aromatic carbocycles. The predicted molar refractivity (Wildman–Crippen MR) is 120 cm³/mol. The Bertz CT molecular complexity index is 1400. The van der Waals surface area contributed by atoms with Gasteiger partial charge in [-0.15, -0.1) is 0 Å². The molecule has 158 valence electrons. The Hall–Kier alpha value is -4.78. The Kier molecular flexibility index (Phi) is 5.46. The maximum atomic E-state index is 13.2. The molecule has 0 bridgehead atoms. The van der Waals surface area contributed by atoms with E-state index in [1.807, 2.05) is 49.4 Å². The first-order valence-electron chi connectivity index (χ1n) is 9.57. The van der Waals surface area contributed by atoms with Gasteiger partial charge in [-0.25, -0.2) is 10.3 Å². The number of hydrogen-bond acceptors (Lipinski definition) is 7. The van der Waals surface area contributed by atoms with Crippen LogP contribution in [0, 0.1) is 20.4 Å². The lowest BCUT2D eigenvalue weighted by Gasteiger charge is -2.14. The minimum Gasteiger partial charge on any atom is -0.502 e. The number of para-hydroxylation sites is 1. The SMILES string of the molecule is [C-]#[N+]c1c(C)c(/C=N\Nc2nnnn2-c2ccccc2)c(=O)n(-c2ccc(C)cc2)c1O. The molecule has 10 nitrogen and oxygen atoms in total. The summed E-state index contributed by atoms with van der Waals surface area (Å²) in [5.74, 6) is -0.169. The van der Waals surface area contributed by atoms with Gasteiger partial charge in [0.05, 0.1) is 29.7 Å². The van der Waals surface area contributed by atoms with E-state index >= 15 is 0 Å². The number of nitrogens with zero attached hydrogens (tertiary/aromatic N) is 7. The third-order valence-corrected chi connectivity index (χ3v) is 4.85. The molecule has 0 aliphatic heterocycles. The molecule has 0 saturated heterocycles. The number of rotatable bonds is 5. The first-order chi connectivity index (χ1) is 15.5. The first-order valence-corrected chi connectivity index (χ1v) is 9.57. The molecule has 2 aromatic heterocycles. The van der Waals surface area contributed by atoms with Gasteiger partial charge in [-0.1, -0.05) is 41.0 Å². The number of tetrazole rings is 1. The van der Waals surface area contributed by atoms with Crippen LogP contribution < -0.4 is 11.0 Å². The topological polar surface area (TPSA) is 115 Å². The molecule has 0 amide bonds. The highest BCUT2D eigenvalue weighted by atomic mass is 16.3. The summed E-state index contributed by atoms with van der Waals surface area (Å²) in [5.41, 5.74) is 4.83. The van der Waals surface area contributed by atoms with E-state index < -0.39 is 11.4 Å². The van der Waals surface area contributed by atoms with Crippen LogP contribution in [0.2, 0.25) is 0 Å². The fourth-order valence-corrected chi connectivity index (χ4v) is 3.15. The van der Waals surface area contributed by atoms with Gasteiger partial charge in [0.25, 0.3) is 11.5 Å². The molecule has 4 aromatic rings. The number of aromatic nitrogens is 5. The van der Waals surface area contributed by atoms with Gasteiger partial charge in [0, 0.05) is 0 Å². The highest BCUT2D eigenvalue weighted by molar-refractivity contribution is 5.85. The molecule has 0 atom stereocenters. The summed E-state index contributed by atoms with van der Waals surface area (Å²) < 4.78 is 2.55. The Labute approximate surface area is 182 Å². The van der Waals surface area contributed by atoms with Crippen molar-refractivity contribution in [2.75, 3.05) is 5.43 Å². The largest absolute Gasteiger partial charge is 0.502 e. The maximum absolute atomic E-state index is 13.2. The number of aryl methyl sites for hydroxylation is 1. The van der Waals surface area contributed by atoms with Crippen molar-refractivity contribution < 1.29 is 5.11 Å². The smallest absolute Gasteiger partial charge is 0.268 e. The van der Waals surface area contributed by atoms with Crippen molar-refractivity contribution in [2.45, 2.75) is 13.8 Å². The van der Waals surface area contributed by atoms with Crippen LogP contribution in [0.15, 0.2) is 64.5 Å². The zero-order valence-corrected chi connectivity index (χ0v) is 17.3. The van der Waals surface area contributed by atoms with Crippen LogP contribution in [-0.4, -0.2) is 36.1 Å². The van der Waals surface area contributed by atoms with Crippen molar-refractivity contribution in [3.05, 3.63) is 93.1 Å². The molecule has 0 aliphatic carbocycles. The lowest BCUT2D eigenvalue weighted by Crippen LogP contribution is -2.24. The van der Waals surface area contributed by atoms with Gasteiger partial charge in [-0.3, -0.25) is 9.36 Å². The van der Waals surface area contributed by atoms with Crippen LogP contribution in [0.3, 0.4) is 0 Å². The van der Waals surface area contributed by atoms with Gasteiger partial charge in [0.15, 0.2) is 0 Å². The molecule has 0 fully saturated rings. The molecule has 0 aliphatic rings. The van der Waals surface area contributed by atoms with E-state index in [0.29, 0.717) is 11.3 Å². The Morgan fingerprint density at radius 2 is 1.81 bits per heavy atom. The third-order valence-electron chi connectivity index (χ3n) is 4.85. The lowest BCUT2D eigenvalue weighted by atomic mass is 10.1. The van der Waals surface area contributed by atoms with Crippen molar-refractivity contribution in [1.82, 2.24) is 24.8 Å². The molecule has 10 heteroatoms. The van der Waals surface area contributed by atoms with Crippen molar-refractivity contribution in [3.8, 4) is 17.3 Å². The van der Waals surface area contributed by atoms with Gasteiger partial charge >= 0.3 is 0 Å². The number of nitrogens with one attached hydrogen (secondary N) is 1. The van der Waals surface area contributed by atoms with Crippen LogP contribution in [0.4, 0.5) is 11.6 Å². The summed E-state index contributed by atoms with van der Waals surface area (Å²) in [6.45, 7) is 11.0. The van der Waals surface area contributed by atoms with Crippen LogP contribution in [-0.2, 0) is 0 Å². The number of hydrazone groups is 1. The van der Waals surface area contributed by atoms with Crippen LogP contribution >= 0.6 is 0 Å². The normalized spacial score (nSPS) is 10.9. The highest BCUT2D eigenvalue weighted by Gasteiger charge is 2.19. The molecular weight excluding hydrogens is 408 g/mol. The van der Waals surface area contributed by atoms with Crippen molar-refractivity contribution in [1.29, 1.82) is 0 Å². The number of pyridine rings is 1. The molecule has 2 heterocycles. The minimum atomic E-state index is -0.510. The Morgan fingerprint density at radius 1 is 1.09 bits per heavy atom. The molecule has 0 radical (unpaired) electrons. The first kappa shape index (κ1) is 20.5. The standard InChI is InChI=1S/C22H18N8O2/c1-14-9-11-16(12-10-14)29-20(31)18(15(2)19(23-3)21(29)32)13-24-25-22-26-27-28-30(22)17-7-5-4-6-8-17/h4-13,32H,1-2H3,(H,25,26,28)/b24-13-. The Morgan fingerprint density at radius 3 is 2.50 bits per heavy atom. The second-order valence-electron chi connectivity index (χ2n) is 6.92. The van der Waals surface area contributed by atoms with Crippen LogP contribution in [0.5, 0.6) is 5.88 Å². The van der Waals surface area contributed by atoms with Crippen molar-refractivity contribution in [2.24, 2.45) is 5.10 Å². The van der Waals surface area contributed by atoms with Gasteiger partial charge in [0.1, 0.15) is 0 Å². The fourth-order valence-electron chi connectivity index (χ4n) is 3.15. The molecule has 0 saturated carbocycles. The quantitative estimate of drug-likeness (QED) is 0.288. The van der Waals surface area contributed by atoms with Crippen LogP contribution in [0.1, 0.15) is 16.7 Å². The number of anilines is 1. The summed E-state index contributed by atoms with van der Waals surface area (Å²) >= 11 is 0. The monoisotopic (exact) mass is 426 g/mol. The summed E-state index contributed by atoms with van der Waals surface area (Å²) in [5, 5.41) is 26.2. The molecular formula is C22H18N8O2. The lowest BCUT2D eigenvalue weighted by molar-refractivity contribution is 0.438. The van der Waals surface area contributed by atoms with E-state index in [1.54, 1.807) is 19.1 Å². The molecule has 2 N–H and O–H groups in total. The Balaban J connectivity index is 1.74. The molecule has 0 spiro atoms. The molecule has 32 heavy (non-hydrogen) atoms. The van der Waals surface area contributed by atoms with Crippen LogP contribution in [0.25, 0.3) is 16.2 Å². The third kappa shape index (κ3) is 3.70. The number of hydrogen-bond donors (Lipinski definition) is 2. The van der Waals surface area contributed by atoms with E-state index in [9.17, 15) is 9.90 Å². The van der Waals surface area contributed by atoms with Gasteiger partial charge < -0.3 is 5.11 Å². The van der Waals surface area contributed by atoms with Crippen molar-refractivity contribution in [3.63, 3.8) is 0 Å². The predicted octanol–water partition coefficient (Wildman–Crippen LogP) is 3.13. The van der Waals surface area contributed by atoms with Gasteiger partial charge in [-0.05, 0) is 54.1 Å². The van der Waals surface area contributed by atoms with E-state index in [4.69, 9.17) is 6.57 Å². The molecule has 4 rings (SSSR count). The van der Waals surface area contributed by atoms with E-state index in [-0.39, 0.29) is 17.2 Å². The summed E-state index contributed by atoms with van der Waals surface area (Å²) in [6, 6.07) is 16.3. The average Bonchev–Trinajstić information content (AvgIpc) is 3.27. The number of benzene rings is 2. The van der Waals surface area contributed by atoms with Crippen molar-refractivity contribution >= 4 is 17.9 Å². The molecule has 0 unspecified atom stereocenters. The highest BCUT2D eigenvalue weighted by Crippen LogP contribution is 2.32. The zero-order chi connectivity index (χ0) is 22.7. The van der Waals surface area contributed by atoms with E-state index in [1.165, 1.54) is 10.9 Å². The van der Waals surface area contributed by atoms with Gasteiger partial charge in [-0.2, -0.15) is 9.78 Å². The average molecular weight is 426 g/mol. The van der Waals surface area contributed by atoms with E-state index in [0.717, 1.165) is 15.8 Å². The minimum absolute atomic E-state index is 0.0271. The summed E-state index contributed by atoms with van der Waals surface area (Å²) in [7, 11) is 0. The second kappa shape index (κ2) is 8.53. The van der Waals surface area contributed by atoms with Gasteiger partial charge in [0.2, 0.25) is 11.6 Å². The summed E-state index contributed by atoms with van der Waals surface area (Å²) in [6.07, 6.45) is 1.29. The van der Waals surface area contributed by atoms with E-state index in [2.05, 4.69) is 30.9 Å². The number of aromatic hydroxyl groups is 1.